The second-order valence-corrected chi connectivity index (χ2v) is 7.05. The van der Waals surface area contributed by atoms with Crippen molar-refractivity contribution in [3.05, 3.63) is 76.2 Å². The summed E-state index contributed by atoms with van der Waals surface area (Å²) in [7, 11) is 0. The van der Waals surface area contributed by atoms with Gasteiger partial charge in [-0.2, -0.15) is 13.2 Å². The maximum atomic E-state index is 12.8. The Morgan fingerprint density at radius 1 is 1.08 bits per heavy atom. The summed E-state index contributed by atoms with van der Waals surface area (Å²) in [5.74, 6) is -0.295. The van der Waals surface area contributed by atoms with Gasteiger partial charge in [0.25, 0.3) is 5.91 Å². The number of carbonyl (C=O) groups is 1. The van der Waals surface area contributed by atoms with E-state index in [4.69, 9.17) is 12.2 Å². The molecule has 0 bridgehead atoms. The summed E-state index contributed by atoms with van der Waals surface area (Å²) in [6.07, 6.45) is -2.69. The second kappa shape index (κ2) is 7.01. The summed E-state index contributed by atoms with van der Waals surface area (Å²) in [5, 5.41) is 0. The van der Waals surface area contributed by atoms with Gasteiger partial charge in [0, 0.05) is 0 Å². The van der Waals surface area contributed by atoms with Crippen LogP contribution in [0, 0.1) is 0 Å². The van der Waals surface area contributed by atoms with Crippen LogP contribution in [0.25, 0.3) is 6.08 Å². The molecule has 0 aliphatic carbocycles. The third kappa shape index (κ3) is 4.11. The number of benzene rings is 2. The van der Waals surface area contributed by atoms with Gasteiger partial charge in [-0.3, -0.25) is 9.69 Å². The lowest BCUT2D eigenvalue weighted by Gasteiger charge is -2.15. The second-order valence-electron chi connectivity index (χ2n) is 5.38. The average Bonchev–Trinajstić information content (AvgIpc) is 2.83. The summed E-state index contributed by atoms with van der Waals surface area (Å²) >= 11 is 6.37. The summed E-state index contributed by atoms with van der Waals surface area (Å²) in [6.45, 7) is 0.0146. The molecule has 1 heterocycles. The van der Waals surface area contributed by atoms with E-state index >= 15 is 0 Å². The fourth-order valence-electron chi connectivity index (χ4n) is 2.37. The first kappa shape index (κ1) is 17.7. The number of hydrogen-bond donors (Lipinski definition) is 0. The Morgan fingerprint density at radius 2 is 1.80 bits per heavy atom. The standard InChI is InChI=1S/C18H12F3NOS2/c19-18(20,21)14-8-4-7-13(9-14)11-22-16(23)15(25-17(22)24)10-12-5-2-1-3-6-12/h1-10H,11H2/b15-10-. The van der Waals surface area contributed by atoms with Crippen LogP contribution in [0.3, 0.4) is 0 Å². The zero-order chi connectivity index (χ0) is 18.0. The highest BCUT2D eigenvalue weighted by molar-refractivity contribution is 8.26. The van der Waals surface area contributed by atoms with Gasteiger partial charge in [-0.15, -0.1) is 0 Å². The van der Waals surface area contributed by atoms with Crippen molar-refractivity contribution < 1.29 is 18.0 Å². The van der Waals surface area contributed by atoms with Gasteiger partial charge in [0.1, 0.15) is 4.32 Å². The van der Waals surface area contributed by atoms with E-state index in [0.29, 0.717) is 14.8 Å². The normalized spacial score (nSPS) is 16.8. The Labute approximate surface area is 152 Å². The lowest BCUT2D eigenvalue weighted by molar-refractivity contribution is -0.137. The first-order valence-corrected chi connectivity index (χ1v) is 8.53. The molecule has 7 heteroatoms. The van der Waals surface area contributed by atoms with Crippen LogP contribution in [0.1, 0.15) is 16.7 Å². The van der Waals surface area contributed by atoms with Crippen molar-refractivity contribution in [1.29, 1.82) is 0 Å². The molecule has 0 aromatic heterocycles. The summed E-state index contributed by atoms with van der Waals surface area (Å²) in [4.78, 5) is 14.3. The molecule has 128 valence electrons. The summed E-state index contributed by atoms with van der Waals surface area (Å²) in [5.41, 5.74) is 0.504. The molecule has 0 N–H and O–H groups in total. The fraction of sp³-hybridized carbons (Fsp3) is 0.111. The smallest absolute Gasteiger partial charge is 0.288 e. The SMILES string of the molecule is O=C1/C(=C/c2ccccc2)SC(=S)N1Cc1cccc(C(F)(F)F)c1. The Bertz CT molecular complexity index is 847. The molecule has 1 aliphatic heterocycles. The topological polar surface area (TPSA) is 20.3 Å². The average molecular weight is 379 g/mol. The van der Waals surface area contributed by atoms with Crippen molar-refractivity contribution in [3.8, 4) is 0 Å². The molecule has 1 fully saturated rings. The van der Waals surface area contributed by atoms with Crippen LogP contribution >= 0.6 is 24.0 Å². The number of amides is 1. The van der Waals surface area contributed by atoms with E-state index in [2.05, 4.69) is 0 Å². The summed E-state index contributed by atoms with van der Waals surface area (Å²) in [6, 6.07) is 14.2. The summed E-state index contributed by atoms with van der Waals surface area (Å²) < 4.78 is 38.8. The minimum Gasteiger partial charge on any atom is -0.288 e. The third-order valence-electron chi connectivity index (χ3n) is 3.57. The predicted octanol–water partition coefficient (Wildman–Crippen LogP) is 5.11. The van der Waals surface area contributed by atoms with E-state index in [1.54, 1.807) is 12.1 Å². The van der Waals surface area contributed by atoms with E-state index < -0.39 is 11.7 Å². The van der Waals surface area contributed by atoms with Gasteiger partial charge in [0.15, 0.2) is 0 Å². The largest absolute Gasteiger partial charge is 0.416 e. The Balaban J connectivity index is 1.81. The minimum absolute atomic E-state index is 0.0146. The maximum Gasteiger partial charge on any atom is 0.416 e. The van der Waals surface area contributed by atoms with Crippen molar-refractivity contribution in [2.24, 2.45) is 0 Å². The van der Waals surface area contributed by atoms with Crippen LogP contribution in [-0.4, -0.2) is 15.1 Å². The quantitative estimate of drug-likeness (QED) is 0.546. The molecule has 1 aliphatic rings. The van der Waals surface area contributed by atoms with Crippen molar-refractivity contribution in [2.75, 3.05) is 0 Å². The molecule has 2 aromatic rings. The van der Waals surface area contributed by atoms with Crippen molar-refractivity contribution >= 4 is 40.3 Å². The molecular weight excluding hydrogens is 367 g/mol. The van der Waals surface area contributed by atoms with Crippen molar-refractivity contribution in [1.82, 2.24) is 4.90 Å². The van der Waals surface area contributed by atoms with E-state index in [1.807, 2.05) is 30.3 Å². The number of nitrogens with zero attached hydrogens (tertiary/aromatic N) is 1. The van der Waals surface area contributed by atoms with Crippen LogP contribution in [0.2, 0.25) is 0 Å². The molecule has 1 saturated heterocycles. The van der Waals surface area contributed by atoms with E-state index in [-0.39, 0.29) is 12.5 Å². The lowest BCUT2D eigenvalue weighted by Crippen LogP contribution is -2.27. The predicted molar refractivity (Wildman–Crippen MR) is 96.6 cm³/mol. The molecule has 25 heavy (non-hydrogen) atoms. The zero-order valence-electron chi connectivity index (χ0n) is 12.8. The molecule has 2 aromatic carbocycles. The van der Waals surface area contributed by atoms with Gasteiger partial charge in [0.05, 0.1) is 17.0 Å². The van der Waals surface area contributed by atoms with Crippen LogP contribution < -0.4 is 0 Å². The molecule has 0 radical (unpaired) electrons. The van der Waals surface area contributed by atoms with E-state index in [9.17, 15) is 18.0 Å². The highest BCUT2D eigenvalue weighted by atomic mass is 32.2. The highest BCUT2D eigenvalue weighted by Gasteiger charge is 2.33. The van der Waals surface area contributed by atoms with Gasteiger partial charge < -0.3 is 0 Å². The number of thioether (sulfide) groups is 1. The molecule has 2 nitrogen and oxygen atoms in total. The molecule has 0 atom stereocenters. The fourth-order valence-corrected chi connectivity index (χ4v) is 3.62. The number of halogens is 3. The van der Waals surface area contributed by atoms with Crippen LogP contribution in [0.4, 0.5) is 13.2 Å². The van der Waals surface area contributed by atoms with Crippen molar-refractivity contribution in [3.63, 3.8) is 0 Å². The monoisotopic (exact) mass is 379 g/mol. The Hall–Kier alpha value is -2.12. The number of thiocarbonyl (C=S) groups is 1. The first-order chi connectivity index (χ1) is 11.8. The number of alkyl halides is 3. The molecule has 0 spiro atoms. The van der Waals surface area contributed by atoms with Crippen LogP contribution in [0.5, 0.6) is 0 Å². The molecular formula is C18H12F3NOS2. The molecule has 0 unspecified atom stereocenters. The van der Waals surface area contributed by atoms with Gasteiger partial charge in [-0.1, -0.05) is 66.4 Å². The van der Waals surface area contributed by atoms with Crippen LogP contribution in [-0.2, 0) is 17.5 Å². The first-order valence-electron chi connectivity index (χ1n) is 7.31. The van der Waals surface area contributed by atoms with Gasteiger partial charge >= 0.3 is 6.18 Å². The molecule has 1 amide bonds. The van der Waals surface area contributed by atoms with Crippen LogP contribution in [0.15, 0.2) is 59.5 Å². The number of carbonyl (C=O) groups excluding carboxylic acids is 1. The lowest BCUT2D eigenvalue weighted by atomic mass is 10.1. The highest BCUT2D eigenvalue weighted by Crippen LogP contribution is 2.34. The van der Waals surface area contributed by atoms with E-state index in [0.717, 1.165) is 29.5 Å². The maximum absolute atomic E-state index is 12.8. The molecule has 3 rings (SSSR count). The zero-order valence-corrected chi connectivity index (χ0v) is 14.4. The Kier molecular flexibility index (Phi) is 4.96. The van der Waals surface area contributed by atoms with Gasteiger partial charge in [0.2, 0.25) is 0 Å². The van der Waals surface area contributed by atoms with E-state index in [1.165, 1.54) is 11.0 Å². The minimum atomic E-state index is -4.42. The van der Waals surface area contributed by atoms with Crippen molar-refractivity contribution in [2.45, 2.75) is 12.7 Å². The van der Waals surface area contributed by atoms with Gasteiger partial charge in [-0.05, 0) is 29.3 Å². The third-order valence-corrected chi connectivity index (χ3v) is 4.94. The molecule has 0 saturated carbocycles. The van der Waals surface area contributed by atoms with Gasteiger partial charge in [-0.25, -0.2) is 0 Å². The number of rotatable bonds is 3. The number of hydrogen-bond acceptors (Lipinski definition) is 3. The Morgan fingerprint density at radius 3 is 2.48 bits per heavy atom.